The van der Waals surface area contributed by atoms with Crippen LogP contribution in [0.15, 0.2) is 0 Å². The molecule has 0 unspecified atom stereocenters. The van der Waals surface area contributed by atoms with Crippen LogP contribution in [0.5, 0.6) is 0 Å². The van der Waals surface area contributed by atoms with Gasteiger partial charge in [0.25, 0.3) is 5.91 Å². The molecule has 1 aliphatic carbocycles. The molecule has 0 aromatic heterocycles. The van der Waals surface area contributed by atoms with E-state index in [1.165, 1.54) is 4.90 Å². The van der Waals surface area contributed by atoms with Gasteiger partial charge in [-0.15, -0.1) is 0 Å². The van der Waals surface area contributed by atoms with Gasteiger partial charge in [-0.3, -0.25) is 19.4 Å². The molecule has 1 N–H and O–H groups in total. The lowest BCUT2D eigenvalue weighted by Crippen LogP contribution is -2.59. The Hall–Kier alpha value is -1.67. The summed E-state index contributed by atoms with van der Waals surface area (Å²) in [6.45, 7) is 13.5. The molecule has 3 aliphatic rings. The minimum atomic E-state index is -0.729. The second-order valence-corrected chi connectivity index (χ2v) is 8.87. The number of amides is 4. The van der Waals surface area contributed by atoms with E-state index in [9.17, 15) is 14.4 Å². The standard InChI is InChI=1S/C21H37N5O3/c1-5-25(6-2)18(27)14-23-10-12-24(13-11-23)15-26-19(28)21(22-20(26)29)16(3)8-7-9-17(21)4/h16-17H,5-15H2,1-4H3,(H,22,29)/t16-,17-/m1/s1. The minimum Gasteiger partial charge on any atom is -0.342 e. The van der Waals surface area contributed by atoms with Gasteiger partial charge in [-0.2, -0.15) is 0 Å². The molecule has 3 rings (SSSR count). The van der Waals surface area contributed by atoms with Gasteiger partial charge in [-0.1, -0.05) is 20.3 Å². The molecule has 164 valence electrons. The van der Waals surface area contributed by atoms with Gasteiger partial charge in [0.2, 0.25) is 5.91 Å². The molecule has 4 amide bonds. The maximum atomic E-state index is 13.3. The van der Waals surface area contributed by atoms with Gasteiger partial charge in [0.05, 0.1) is 13.2 Å². The lowest BCUT2D eigenvalue weighted by Gasteiger charge is -2.42. The number of rotatable bonds is 6. The Balaban J connectivity index is 1.55. The molecule has 0 radical (unpaired) electrons. The van der Waals surface area contributed by atoms with Crippen LogP contribution in [0.25, 0.3) is 0 Å². The third-order valence-corrected chi connectivity index (χ3v) is 7.27. The molecule has 1 spiro atoms. The number of likely N-dealkylation sites (N-methyl/N-ethyl adjacent to an activating group) is 1. The average molecular weight is 408 g/mol. The fourth-order valence-corrected chi connectivity index (χ4v) is 5.24. The van der Waals surface area contributed by atoms with Gasteiger partial charge in [0, 0.05) is 39.3 Å². The predicted octanol–water partition coefficient (Wildman–Crippen LogP) is 1.18. The summed E-state index contributed by atoms with van der Waals surface area (Å²) in [6, 6.07) is -0.255. The minimum absolute atomic E-state index is 0.0543. The van der Waals surface area contributed by atoms with Gasteiger partial charge in [-0.05, 0) is 38.5 Å². The maximum absolute atomic E-state index is 13.3. The Kier molecular flexibility index (Phi) is 6.83. The molecule has 1 saturated carbocycles. The second-order valence-electron chi connectivity index (χ2n) is 8.87. The number of piperazine rings is 1. The van der Waals surface area contributed by atoms with Crippen LogP contribution in [0.1, 0.15) is 47.0 Å². The highest BCUT2D eigenvalue weighted by atomic mass is 16.2. The van der Waals surface area contributed by atoms with Crippen molar-refractivity contribution in [3.8, 4) is 0 Å². The van der Waals surface area contributed by atoms with E-state index < -0.39 is 5.54 Å². The zero-order valence-corrected chi connectivity index (χ0v) is 18.4. The lowest BCUT2D eigenvalue weighted by molar-refractivity contribution is -0.138. The molecule has 0 aromatic carbocycles. The maximum Gasteiger partial charge on any atom is 0.326 e. The second kappa shape index (κ2) is 9.00. The molecule has 8 heteroatoms. The van der Waals surface area contributed by atoms with E-state index in [0.29, 0.717) is 13.2 Å². The number of carbonyl (C=O) groups excluding carboxylic acids is 3. The number of nitrogens with one attached hydrogen (secondary N) is 1. The van der Waals surface area contributed by atoms with E-state index in [0.717, 1.165) is 58.5 Å². The molecule has 3 fully saturated rings. The number of urea groups is 1. The van der Waals surface area contributed by atoms with E-state index in [2.05, 4.69) is 29.0 Å². The van der Waals surface area contributed by atoms with E-state index in [1.807, 2.05) is 18.7 Å². The largest absolute Gasteiger partial charge is 0.342 e. The van der Waals surface area contributed by atoms with Crippen LogP contribution in [0, 0.1) is 11.8 Å². The zero-order valence-electron chi connectivity index (χ0n) is 18.4. The third kappa shape index (κ3) is 4.14. The smallest absolute Gasteiger partial charge is 0.326 e. The summed E-state index contributed by atoms with van der Waals surface area (Å²) in [5.74, 6) is 0.437. The average Bonchev–Trinajstić information content (AvgIpc) is 2.94. The molecule has 2 aliphatic heterocycles. The fraction of sp³-hybridized carbons (Fsp3) is 0.857. The third-order valence-electron chi connectivity index (χ3n) is 7.27. The Labute approximate surface area is 174 Å². The summed E-state index contributed by atoms with van der Waals surface area (Å²) in [4.78, 5) is 45.9. The highest BCUT2D eigenvalue weighted by Crippen LogP contribution is 2.42. The van der Waals surface area contributed by atoms with Crippen molar-refractivity contribution in [1.82, 2.24) is 24.9 Å². The molecule has 8 nitrogen and oxygen atoms in total. The Morgan fingerprint density at radius 3 is 2.14 bits per heavy atom. The molecule has 0 aromatic rings. The van der Waals surface area contributed by atoms with Crippen molar-refractivity contribution in [2.45, 2.75) is 52.5 Å². The zero-order chi connectivity index (χ0) is 21.2. The SMILES string of the molecule is CCN(CC)C(=O)CN1CCN(CN2C(=O)NC3(C2=O)[C@H](C)CCC[C@H]3C)CC1. The molecular weight excluding hydrogens is 370 g/mol. The summed E-state index contributed by atoms with van der Waals surface area (Å²) in [7, 11) is 0. The van der Waals surface area contributed by atoms with E-state index in [4.69, 9.17) is 0 Å². The molecule has 0 bridgehead atoms. The fourth-order valence-electron chi connectivity index (χ4n) is 5.24. The summed E-state index contributed by atoms with van der Waals surface area (Å²) < 4.78 is 0. The quantitative estimate of drug-likeness (QED) is 0.669. The Morgan fingerprint density at radius 1 is 1.03 bits per heavy atom. The van der Waals surface area contributed by atoms with E-state index >= 15 is 0 Å². The summed E-state index contributed by atoms with van der Waals surface area (Å²) in [5, 5.41) is 3.07. The Morgan fingerprint density at radius 2 is 1.59 bits per heavy atom. The first-order valence-corrected chi connectivity index (χ1v) is 11.2. The summed E-state index contributed by atoms with van der Waals surface area (Å²) in [5.41, 5.74) is -0.729. The van der Waals surface area contributed by atoms with Gasteiger partial charge in [-0.25, -0.2) is 9.69 Å². The van der Waals surface area contributed by atoms with Crippen LogP contribution in [-0.4, -0.2) is 95.5 Å². The molecule has 2 saturated heterocycles. The topological polar surface area (TPSA) is 76.2 Å². The predicted molar refractivity (Wildman–Crippen MR) is 111 cm³/mol. The number of hydrogen-bond acceptors (Lipinski definition) is 5. The number of nitrogens with zero attached hydrogens (tertiary/aromatic N) is 4. The molecule has 2 heterocycles. The van der Waals surface area contributed by atoms with Crippen molar-refractivity contribution in [3.63, 3.8) is 0 Å². The van der Waals surface area contributed by atoms with Crippen molar-refractivity contribution < 1.29 is 14.4 Å². The number of imide groups is 1. The Bertz CT molecular complexity index is 618. The number of hydrogen-bond donors (Lipinski definition) is 1. The first-order chi connectivity index (χ1) is 13.8. The highest BCUT2D eigenvalue weighted by molar-refractivity contribution is 6.07. The monoisotopic (exact) mass is 407 g/mol. The summed E-state index contributed by atoms with van der Waals surface area (Å²) in [6.07, 6.45) is 3.06. The molecule has 29 heavy (non-hydrogen) atoms. The highest BCUT2D eigenvalue weighted by Gasteiger charge is 2.58. The lowest BCUT2D eigenvalue weighted by atomic mass is 9.67. The van der Waals surface area contributed by atoms with Crippen LogP contribution < -0.4 is 5.32 Å². The van der Waals surface area contributed by atoms with Crippen LogP contribution in [0.2, 0.25) is 0 Å². The first kappa shape index (κ1) is 22.0. The number of carbonyl (C=O) groups is 3. The van der Waals surface area contributed by atoms with Crippen LogP contribution in [-0.2, 0) is 9.59 Å². The van der Waals surface area contributed by atoms with Gasteiger partial charge >= 0.3 is 6.03 Å². The van der Waals surface area contributed by atoms with Crippen molar-refractivity contribution in [1.29, 1.82) is 0 Å². The van der Waals surface area contributed by atoms with Gasteiger partial charge in [0.15, 0.2) is 0 Å². The van der Waals surface area contributed by atoms with E-state index in [-0.39, 0.29) is 29.7 Å². The van der Waals surface area contributed by atoms with Crippen LogP contribution in [0.4, 0.5) is 4.79 Å². The molecule has 2 atom stereocenters. The van der Waals surface area contributed by atoms with Crippen LogP contribution >= 0.6 is 0 Å². The van der Waals surface area contributed by atoms with Gasteiger partial charge < -0.3 is 10.2 Å². The van der Waals surface area contributed by atoms with Crippen molar-refractivity contribution in [3.05, 3.63) is 0 Å². The van der Waals surface area contributed by atoms with Crippen LogP contribution in [0.3, 0.4) is 0 Å². The first-order valence-electron chi connectivity index (χ1n) is 11.2. The normalized spacial score (nSPS) is 28.1. The van der Waals surface area contributed by atoms with Gasteiger partial charge in [0.1, 0.15) is 5.54 Å². The van der Waals surface area contributed by atoms with E-state index in [1.54, 1.807) is 0 Å². The summed E-state index contributed by atoms with van der Waals surface area (Å²) >= 11 is 0. The van der Waals surface area contributed by atoms with Crippen molar-refractivity contribution in [2.24, 2.45) is 11.8 Å². The molecular formula is C21H37N5O3. The van der Waals surface area contributed by atoms with Crippen molar-refractivity contribution in [2.75, 3.05) is 52.5 Å². The van der Waals surface area contributed by atoms with Crippen molar-refractivity contribution >= 4 is 17.8 Å².